The standard InChI is InChI=1S/C25H29NO2/c1-17-7-9-20(10-8-17)24-12-18-11-19(13-24)15-25(14-18,16-24)23(27)26-21-5-3-4-6-22(21)28-2/h3-10,18-19H,11-16H2,1-2H3,(H,26,27)/t18-,19-,24?,25?/m1/s1. The van der Waals surface area contributed by atoms with Crippen molar-refractivity contribution in [3.63, 3.8) is 0 Å². The van der Waals surface area contributed by atoms with E-state index in [4.69, 9.17) is 4.74 Å². The Labute approximate surface area is 167 Å². The van der Waals surface area contributed by atoms with E-state index >= 15 is 0 Å². The smallest absolute Gasteiger partial charge is 0.230 e. The highest BCUT2D eigenvalue weighted by molar-refractivity contribution is 5.97. The second kappa shape index (κ2) is 6.37. The topological polar surface area (TPSA) is 38.3 Å². The minimum absolute atomic E-state index is 0.176. The van der Waals surface area contributed by atoms with Gasteiger partial charge in [0, 0.05) is 0 Å². The average Bonchev–Trinajstić information content (AvgIpc) is 2.68. The van der Waals surface area contributed by atoms with E-state index in [2.05, 4.69) is 36.5 Å². The fourth-order valence-corrected chi connectivity index (χ4v) is 6.78. The summed E-state index contributed by atoms with van der Waals surface area (Å²) in [6, 6.07) is 16.8. The predicted molar refractivity (Wildman–Crippen MR) is 112 cm³/mol. The lowest BCUT2D eigenvalue weighted by atomic mass is 9.42. The molecule has 4 aliphatic carbocycles. The lowest BCUT2D eigenvalue weighted by Gasteiger charge is -2.61. The number of anilines is 1. The number of ether oxygens (including phenoxy) is 1. The highest BCUT2D eigenvalue weighted by atomic mass is 16.5. The number of benzene rings is 2. The first-order valence-electron chi connectivity index (χ1n) is 10.5. The van der Waals surface area contributed by atoms with Gasteiger partial charge in [-0.15, -0.1) is 0 Å². The van der Waals surface area contributed by atoms with Crippen LogP contribution in [0.1, 0.15) is 49.7 Å². The van der Waals surface area contributed by atoms with Crippen molar-refractivity contribution in [3.05, 3.63) is 59.7 Å². The van der Waals surface area contributed by atoms with Crippen LogP contribution in [0.15, 0.2) is 48.5 Å². The molecule has 0 unspecified atom stereocenters. The summed E-state index contributed by atoms with van der Waals surface area (Å²) >= 11 is 0. The second-order valence-corrected chi connectivity index (χ2v) is 9.54. The summed E-state index contributed by atoms with van der Waals surface area (Å²) in [6.45, 7) is 2.14. The van der Waals surface area contributed by atoms with Gasteiger partial charge in [0.15, 0.2) is 0 Å². The minimum Gasteiger partial charge on any atom is -0.495 e. The second-order valence-electron chi connectivity index (χ2n) is 9.54. The summed E-state index contributed by atoms with van der Waals surface area (Å²) in [7, 11) is 1.65. The molecule has 2 aromatic rings. The zero-order valence-corrected chi connectivity index (χ0v) is 16.8. The zero-order chi connectivity index (χ0) is 19.4. The highest BCUT2D eigenvalue weighted by Crippen LogP contribution is 2.66. The molecule has 3 nitrogen and oxygen atoms in total. The number of methoxy groups -OCH3 is 1. The van der Waals surface area contributed by atoms with Gasteiger partial charge in [-0.2, -0.15) is 0 Å². The zero-order valence-electron chi connectivity index (χ0n) is 16.8. The van der Waals surface area contributed by atoms with E-state index in [-0.39, 0.29) is 16.7 Å². The Bertz CT molecular complexity index is 887. The first kappa shape index (κ1) is 17.8. The Balaban J connectivity index is 1.48. The number of carbonyl (C=O) groups excluding carboxylic acids is 1. The fourth-order valence-electron chi connectivity index (χ4n) is 6.78. The maximum Gasteiger partial charge on any atom is 0.230 e. The van der Waals surface area contributed by atoms with Crippen LogP contribution in [0.3, 0.4) is 0 Å². The number of para-hydroxylation sites is 2. The molecule has 4 saturated carbocycles. The Hall–Kier alpha value is -2.29. The summed E-state index contributed by atoms with van der Waals surface area (Å²) in [4.78, 5) is 13.6. The molecule has 4 bridgehead atoms. The van der Waals surface area contributed by atoms with Crippen molar-refractivity contribution in [2.75, 3.05) is 12.4 Å². The van der Waals surface area contributed by atoms with E-state index in [1.807, 2.05) is 24.3 Å². The third kappa shape index (κ3) is 2.75. The molecule has 0 saturated heterocycles. The number of carbonyl (C=O) groups is 1. The van der Waals surface area contributed by atoms with Gasteiger partial charge < -0.3 is 10.1 Å². The molecule has 2 aromatic carbocycles. The number of aryl methyl sites for hydroxylation is 1. The van der Waals surface area contributed by atoms with Crippen molar-refractivity contribution in [1.29, 1.82) is 0 Å². The van der Waals surface area contributed by atoms with Crippen molar-refractivity contribution in [2.24, 2.45) is 17.3 Å². The Kier molecular flexibility index (Phi) is 4.04. The maximum atomic E-state index is 13.6. The molecule has 3 heteroatoms. The first-order chi connectivity index (χ1) is 13.5. The van der Waals surface area contributed by atoms with E-state index in [1.54, 1.807) is 7.11 Å². The number of hydrogen-bond acceptors (Lipinski definition) is 2. The summed E-state index contributed by atoms with van der Waals surface area (Å²) in [5.74, 6) is 2.27. The van der Waals surface area contributed by atoms with Gasteiger partial charge in [-0.25, -0.2) is 0 Å². The molecule has 146 valence electrons. The van der Waals surface area contributed by atoms with Gasteiger partial charge in [-0.05, 0) is 80.4 Å². The number of rotatable bonds is 4. The molecule has 1 N–H and O–H groups in total. The van der Waals surface area contributed by atoms with E-state index < -0.39 is 0 Å². The van der Waals surface area contributed by atoms with Crippen LogP contribution in [0.4, 0.5) is 5.69 Å². The summed E-state index contributed by atoms with van der Waals surface area (Å²) < 4.78 is 5.45. The van der Waals surface area contributed by atoms with Crippen molar-refractivity contribution in [1.82, 2.24) is 0 Å². The molecular formula is C25H29NO2. The quantitative estimate of drug-likeness (QED) is 0.768. The summed E-state index contributed by atoms with van der Waals surface area (Å²) in [5, 5.41) is 3.23. The molecule has 0 radical (unpaired) electrons. The van der Waals surface area contributed by atoms with Crippen LogP contribution in [-0.4, -0.2) is 13.0 Å². The predicted octanol–water partition coefficient (Wildman–Crippen LogP) is 5.48. The molecule has 28 heavy (non-hydrogen) atoms. The maximum absolute atomic E-state index is 13.6. The number of nitrogens with one attached hydrogen (secondary N) is 1. The van der Waals surface area contributed by atoms with E-state index in [9.17, 15) is 4.79 Å². The van der Waals surface area contributed by atoms with Crippen molar-refractivity contribution in [3.8, 4) is 5.75 Å². The van der Waals surface area contributed by atoms with Gasteiger partial charge >= 0.3 is 0 Å². The fraction of sp³-hybridized carbons (Fsp3) is 0.480. The van der Waals surface area contributed by atoms with Gasteiger partial charge in [0.25, 0.3) is 0 Å². The molecule has 6 rings (SSSR count). The molecule has 0 aromatic heterocycles. The SMILES string of the molecule is COc1ccccc1NC(=O)C12C[C@@H]3C[C@@H](C1)CC(c1ccc(C)cc1)(C3)C2. The van der Waals surface area contributed by atoms with Crippen LogP contribution >= 0.6 is 0 Å². The van der Waals surface area contributed by atoms with Crippen LogP contribution in [0.5, 0.6) is 5.75 Å². The van der Waals surface area contributed by atoms with Crippen molar-refractivity contribution < 1.29 is 9.53 Å². The minimum atomic E-state index is -0.240. The summed E-state index contributed by atoms with van der Waals surface area (Å²) in [5.41, 5.74) is 3.47. The largest absolute Gasteiger partial charge is 0.495 e. The third-order valence-corrected chi connectivity index (χ3v) is 7.56. The molecule has 0 heterocycles. The molecule has 1 amide bonds. The molecule has 4 fully saturated rings. The molecule has 4 aliphatic rings. The highest BCUT2D eigenvalue weighted by Gasteiger charge is 2.60. The van der Waals surface area contributed by atoms with Crippen LogP contribution in [0.2, 0.25) is 0 Å². The van der Waals surface area contributed by atoms with Gasteiger partial charge in [0.05, 0.1) is 18.2 Å². The molecule has 0 aliphatic heterocycles. The third-order valence-electron chi connectivity index (χ3n) is 7.56. The lowest BCUT2D eigenvalue weighted by molar-refractivity contribution is -0.143. The van der Waals surface area contributed by atoms with Gasteiger partial charge in [-0.3, -0.25) is 4.79 Å². The number of amides is 1. The monoisotopic (exact) mass is 375 g/mol. The number of hydrogen-bond donors (Lipinski definition) is 1. The van der Waals surface area contributed by atoms with E-state index in [0.29, 0.717) is 11.8 Å². The molecule has 0 spiro atoms. The van der Waals surface area contributed by atoms with Gasteiger partial charge in [-0.1, -0.05) is 42.0 Å². The Morgan fingerprint density at radius 1 is 1.00 bits per heavy atom. The van der Waals surface area contributed by atoms with Crippen LogP contribution in [-0.2, 0) is 10.2 Å². The lowest BCUT2D eigenvalue weighted by Crippen LogP contribution is -2.58. The van der Waals surface area contributed by atoms with Gasteiger partial charge in [0.2, 0.25) is 5.91 Å². The van der Waals surface area contributed by atoms with E-state index in [0.717, 1.165) is 30.7 Å². The molecular weight excluding hydrogens is 346 g/mol. The Morgan fingerprint density at radius 3 is 2.36 bits per heavy atom. The van der Waals surface area contributed by atoms with E-state index in [1.165, 1.54) is 30.4 Å². The molecule has 2 atom stereocenters. The van der Waals surface area contributed by atoms with Crippen molar-refractivity contribution in [2.45, 2.75) is 50.9 Å². The van der Waals surface area contributed by atoms with Crippen molar-refractivity contribution >= 4 is 11.6 Å². The van der Waals surface area contributed by atoms with Crippen LogP contribution in [0, 0.1) is 24.2 Å². The van der Waals surface area contributed by atoms with Crippen LogP contribution < -0.4 is 10.1 Å². The normalized spacial score (nSPS) is 32.9. The first-order valence-corrected chi connectivity index (χ1v) is 10.5. The Morgan fingerprint density at radius 2 is 1.68 bits per heavy atom. The van der Waals surface area contributed by atoms with Crippen LogP contribution in [0.25, 0.3) is 0 Å². The van der Waals surface area contributed by atoms with Gasteiger partial charge in [0.1, 0.15) is 5.75 Å². The summed E-state index contributed by atoms with van der Waals surface area (Å²) in [6.07, 6.45) is 6.86. The average molecular weight is 376 g/mol.